The highest BCUT2D eigenvalue weighted by atomic mass is 79.9. The lowest BCUT2D eigenvalue weighted by Gasteiger charge is -2.41. The molecule has 1 aromatic rings. The molecule has 1 aromatic carbocycles. The van der Waals surface area contributed by atoms with Crippen molar-refractivity contribution in [1.29, 1.82) is 0 Å². The van der Waals surface area contributed by atoms with Crippen molar-refractivity contribution < 1.29 is 4.74 Å². The molecule has 0 radical (unpaired) electrons. The number of benzene rings is 1. The van der Waals surface area contributed by atoms with Gasteiger partial charge in [0.15, 0.2) is 0 Å². The van der Waals surface area contributed by atoms with Crippen LogP contribution in [0.4, 0.5) is 0 Å². The van der Waals surface area contributed by atoms with E-state index in [2.05, 4.69) is 28.1 Å². The lowest BCUT2D eigenvalue weighted by molar-refractivity contribution is -0.146. The Bertz CT molecular complexity index is 287. The summed E-state index contributed by atoms with van der Waals surface area (Å²) in [6, 6.07) is 8.18. The SMILES string of the molecule is NCC1(c2ccc(Br)cc2)CCO1. The van der Waals surface area contributed by atoms with Crippen LogP contribution in [0.2, 0.25) is 0 Å². The normalized spacial score (nSPS) is 26.9. The minimum absolute atomic E-state index is 0.194. The largest absolute Gasteiger partial charge is 0.369 e. The summed E-state index contributed by atoms with van der Waals surface area (Å²) >= 11 is 3.40. The Kier molecular flexibility index (Phi) is 2.41. The molecule has 13 heavy (non-hydrogen) atoms. The van der Waals surface area contributed by atoms with Gasteiger partial charge in [-0.25, -0.2) is 0 Å². The van der Waals surface area contributed by atoms with E-state index in [1.54, 1.807) is 0 Å². The molecule has 3 heteroatoms. The number of nitrogens with two attached hydrogens (primary N) is 1. The molecular formula is C10H12BrNO. The summed E-state index contributed by atoms with van der Waals surface area (Å²) in [5.74, 6) is 0. The van der Waals surface area contributed by atoms with Crippen molar-refractivity contribution in [2.24, 2.45) is 5.73 Å². The zero-order chi connectivity index (χ0) is 9.31. The van der Waals surface area contributed by atoms with Crippen molar-refractivity contribution in [2.45, 2.75) is 12.0 Å². The van der Waals surface area contributed by atoms with Crippen LogP contribution in [-0.2, 0) is 10.3 Å². The molecule has 1 atom stereocenters. The van der Waals surface area contributed by atoms with E-state index in [-0.39, 0.29) is 5.60 Å². The smallest absolute Gasteiger partial charge is 0.107 e. The number of ether oxygens (including phenoxy) is 1. The van der Waals surface area contributed by atoms with Gasteiger partial charge >= 0.3 is 0 Å². The van der Waals surface area contributed by atoms with Crippen LogP contribution in [0.15, 0.2) is 28.7 Å². The van der Waals surface area contributed by atoms with Crippen LogP contribution in [0.5, 0.6) is 0 Å². The molecule has 0 bridgehead atoms. The molecule has 1 unspecified atom stereocenters. The summed E-state index contributed by atoms with van der Waals surface area (Å²) < 4.78 is 6.64. The third-order valence-corrected chi connectivity index (χ3v) is 3.11. The zero-order valence-corrected chi connectivity index (χ0v) is 8.88. The van der Waals surface area contributed by atoms with Crippen molar-refractivity contribution in [3.63, 3.8) is 0 Å². The topological polar surface area (TPSA) is 35.2 Å². The fraction of sp³-hybridized carbons (Fsp3) is 0.400. The predicted octanol–water partition coefficient (Wildman–Crippen LogP) is 2.02. The van der Waals surface area contributed by atoms with Gasteiger partial charge in [-0.3, -0.25) is 0 Å². The van der Waals surface area contributed by atoms with Crippen molar-refractivity contribution in [3.8, 4) is 0 Å². The first-order valence-corrected chi connectivity index (χ1v) is 5.16. The van der Waals surface area contributed by atoms with E-state index in [1.165, 1.54) is 5.56 Å². The van der Waals surface area contributed by atoms with Crippen molar-refractivity contribution >= 4 is 15.9 Å². The van der Waals surface area contributed by atoms with Crippen LogP contribution in [-0.4, -0.2) is 13.2 Å². The average Bonchev–Trinajstić information content (AvgIpc) is 2.07. The van der Waals surface area contributed by atoms with Crippen LogP contribution in [0.25, 0.3) is 0 Å². The summed E-state index contributed by atoms with van der Waals surface area (Å²) in [5, 5.41) is 0. The molecular weight excluding hydrogens is 230 g/mol. The fourth-order valence-electron chi connectivity index (χ4n) is 1.61. The van der Waals surface area contributed by atoms with Crippen LogP contribution < -0.4 is 5.73 Å². The molecule has 0 saturated carbocycles. The van der Waals surface area contributed by atoms with Crippen LogP contribution in [0, 0.1) is 0 Å². The molecule has 2 rings (SSSR count). The Balaban J connectivity index is 2.28. The van der Waals surface area contributed by atoms with E-state index in [0.29, 0.717) is 6.54 Å². The van der Waals surface area contributed by atoms with Crippen molar-refractivity contribution in [2.75, 3.05) is 13.2 Å². The number of halogens is 1. The van der Waals surface area contributed by atoms with E-state index in [4.69, 9.17) is 10.5 Å². The highest BCUT2D eigenvalue weighted by Crippen LogP contribution is 2.36. The third-order valence-electron chi connectivity index (χ3n) is 2.58. The van der Waals surface area contributed by atoms with Gasteiger partial charge in [-0.1, -0.05) is 28.1 Å². The minimum Gasteiger partial charge on any atom is -0.369 e. The standard InChI is InChI=1S/C10H12BrNO/c11-9-3-1-8(2-4-9)10(7-12)5-6-13-10/h1-4H,5-7,12H2. The molecule has 1 fully saturated rings. The zero-order valence-electron chi connectivity index (χ0n) is 7.29. The maximum absolute atomic E-state index is 5.70. The van der Waals surface area contributed by atoms with E-state index in [0.717, 1.165) is 17.5 Å². The van der Waals surface area contributed by atoms with Gasteiger partial charge in [-0.15, -0.1) is 0 Å². The summed E-state index contributed by atoms with van der Waals surface area (Å²) in [6.45, 7) is 1.39. The van der Waals surface area contributed by atoms with Gasteiger partial charge < -0.3 is 10.5 Å². The molecule has 1 saturated heterocycles. The Morgan fingerprint density at radius 1 is 1.38 bits per heavy atom. The van der Waals surface area contributed by atoms with Gasteiger partial charge in [0.1, 0.15) is 5.60 Å². The second-order valence-corrected chi connectivity index (χ2v) is 4.22. The van der Waals surface area contributed by atoms with E-state index < -0.39 is 0 Å². The molecule has 1 heterocycles. The minimum atomic E-state index is -0.194. The molecule has 2 nitrogen and oxygen atoms in total. The summed E-state index contributed by atoms with van der Waals surface area (Å²) in [7, 11) is 0. The summed E-state index contributed by atoms with van der Waals surface area (Å²) in [6.07, 6.45) is 1.03. The monoisotopic (exact) mass is 241 g/mol. The highest BCUT2D eigenvalue weighted by Gasteiger charge is 2.38. The molecule has 0 amide bonds. The Labute approximate surface area is 86.2 Å². The molecule has 0 aliphatic carbocycles. The average molecular weight is 242 g/mol. The van der Waals surface area contributed by atoms with Gasteiger partial charge in [-0.05, 0) is 17.7 Å². The lowest BCUT2D eigenvalue weighted by Crippen LogP contribution is -2.46. The van der Waals surface area contributed by atoms with Crippen LogP contribution in [0.1, 0.15) is 12.0 Å². The highest BCUT2D eigenvalue weighted by molar-refractivity contribution is 9.10. The fourth-order valence-corrected chi connectivity index (χ4v) is 1.87. The molecule has 0 spiro atoms. The molecule has 0 aromatic heterocycles. The summed E-state index contributed by atoms with van der Waals surface area (Å²) in [5.41, 5.74) is 6.69. The maximum Gasteiger partial charge on any atom is 0.107 e. The van der Waals surface area contributed by atoms with E-state index in [1.807, 2.05) is 12.1 Å². The van der Waals surface area contributed by atoms with Crippen molar-refractivity contribution in [1.82, 2.24) is 0 Å². The van der Waals surface area contributed by atoms with Gasteiger partial charge in [0.2, 0.25) is 0 Å². The Hall–Kier alpha value is -0.380. The number of hydrogen-bond donors (Lipinski definition) is 1. The number of rotatable bonds is 2. The third kappa shape index (κ3) is 1.52. The van der Waals surface area contributed by atoms with Gasteiger partial charge in [0.05, 0.1) is 6.61 Å². The first kappa shape index (κ1) is 9.19. The maximum atomic E-state index is 5.70. The summed E-state index contributed by atoms with van der Waals surface area (Å²) in [4.78, 5) is 0. The van der Waals surface area contributed by atoms with Gasteiger partial charge in [0, 0.05) is 17.4 Å². The van der Waals surface area contributed by atoms with Crippen LogP contribution >= 0.6 is 15.9 Å². The van der Waals surface area contributed by atoms with E-state index >= 15 is 0 Å². The van der Waals surface area contributed by atoms with Crippen LogP contribution in [0.3, 0.4) is 0 Å². The Morgan fingerprint density at radius 3 is 2.38 bits per heavy atom. The van der Waals surface area contributed by atoms with Crippen molar-refractivity contribution in [3.05, 3.63) is 34.3 Å². The second-order valence-electron chi connectivity index (χ2n) is 3.30. The number of hydrogen-bond acceptors (Lipinski definition) is 2. The first-order valence-electron chi connectivity index (χ1n) is 4.37. The lowest BCUT2D eigenvalue weighted by atomic mass is 9.87. The second kappa shape index (κ2) is 3.40. The van der Waals surface area contributed by atoms with Gasteiger partial charge in [0.25, 0.3) is 0 Å². The Morgan fingerprint density at radius 2 is 2.00 bits per heavy atom. The quantitative estimate of drug-likeness (QED) is 0.861. The molecule has 70 valence electrons. The molecule has 1 aliphatic rings. The van der Waals surface area contributed by atoms with Gasteiger partial charge in [-0.2, -0.15) is 0 Å². The van der Waals surface area contributed by atoms with E-state index in [9.17, 15) is 0 Å². The molecule has 1 aliphatic heterocycles. The predicted molar refractivity (Wildman–Crippen MR) is 55.4 cm³/mol. The first-order chi connectivity index (χ1) is 6.27. The molecule has 2 N–H and O–H groups in total.